The molecular formula is C30H30N4O4S. The van der Waals surface area contributed by atoms with E-state index in [-0.39, 0.29) is 29.0 Å². The van der Waals surface area contributed by atoms with Crippen LogP contribution in [0.5, 0.6) is 0 Å². The van der Waals surface area contributed by atoms with Crippen molar-refractivity contribution in [2.75, 3.05) is 0 Å². The number of para-hydroxylation sites is 1. The summed E-state index contributed by atoms with van der Waals surface area (Å²) in [5.41, 5.74) is 2.65. The third-order valence-electron chi connectivity index (χ3n) is 7.31. The molecule has 1 heterocycles. The van der Waals surface area contributed by atoms with Crippen molar-refractivity contribution >= 4 is 34.3 Å². The van der Waals surface area contributed by atoms with E-state index in [1.165, 1.54) is 23.9 Å². The van der Waals surface area contributed by atoms with Gasteiger partial charge in [0, 0.05) is 36.9 Å². The molecular weight excluding hydrogens is 512 g/mol. The number of thioether (sulfide) groups is 1. The van der Waals surface area contributed by atoms with Crippen LogP contribution in [0.2, 0.25) is 0 Å². The molecule has 1 fully saturated rings. The van der Waals surface area contributed by atoms with Crippen LogP contribution in [0.15, 0.2) is 88.8 Å². The molecule has 1 aromatic heterocycles. The van der Waals surface area contributed by atoms with Crippen molar-refractivity contribution < 1.29 is 9.72 Å². The van der Waals surface area contributed by atoms with Crippen LogP contribution >= 0.6 is 11.8 Å². The Kier molecular flexibility index (Phi) is 8.36. The second kappa shape index (κ2) is 12.3. The zero-order chi connectivity index (χ0) is 27.2. The smallest absolute Gasteiger partial charge is 0.269 e. The van der Waals surface area contributed by atoms with Gasteiger partial charge in [-0.15, -0.1) is 0 Å². The molecule has 1 N–H and O–H groups in total. The monoisotopic (exact) mass is 542 g/mol. The van der Waals surface area contributed by atoms with Gasteiger partial charge >= 0.3 is 0 Å². The van der Waals surface area contributed by atoms with Crippen LogP contribution < -0.4 is 10.9 Å². The van der Waals surface area contributed by atoms with Gasteiger partial charge in [-0.3, -0.25) is 24.3 Å². The molecule has 3 aromatic carbocycles. The molecule has 0 bridgehead atoms. The lowest BCUT2D eigenvalue weighted by Gasteiger charge is -2.28. The molecule has 8 nitrogen and oxygen atoms in total. The van der Waals surface area contributed by atoms with Gasteiger partial charge in [-0.05, 0) is 54.9 Å². The molecule has 1 amide bonds. The number of fused-ring (bicyclic) bond motifs is 1. The highest BCUT2D eigenvalue weighted by molar-refractivity contribution is 7.98. The second-order valence-corrected chi connectivity index (χ2v) is 10.9. The van der Waals surface area contributed by atoms with Gasteiger partial charge in [0.2, 0.25) is 5.91 Å². The van der Waals surface area contributed by atoms with Crippen LogP contribution in [0.3, 0.4) is 0 Å². The molecule has 0 unspecified atom stereocenters. The molecule has 0 aliphatic heterocycles. The summed E-state index contributed by atoms with van der Waals surface area (Å²) < 4.78 is 1.78. The maximum atomic E-state index is 13.5. The number of aromatic nitrogens is 2. The number of rotatable bonds is 9. The van der Waals surface area contributed by atoms with E-state index in [1.807, 2.05) is 48.5 Å². The Labute approximate surface area is 230 Å². The summed E-state index contributed by atoms with van der Waals surface area (Å²) in [6, 6.07) is 23.7. The first-order chi connectivity index (χ1) is 19.0. The first-order valence-electron chi connectivity index (χ1n) is 13.2. The van der Waals surface area contributed by atoms with E-state index in [2.05, 4.69) is 5.32 Å². The average Bonchev–Trinajstić information content (AvgIpc) is 2.97. The number of nitrogens with zero attached hydrogens (tertiary/aromatic N) is 3. The Hall–Kier alpha value is -3.98. The van der Waals surface area contributed by atoms with E-state index in [4.69, 9.17) is 4.98 Å². The number of carbonyl (C=O) groups is 1. The van der Waals surface area contributed by atoms with Gasteiger partial charge in [-0.2, -0.15) is 0 Å². The van der Waals surface area contributed by atoms with Crippen LogP contribution in [0, 0.1) is 22.0 Å². The lowest BCUT2D eigenvalue weighted by molar-refractivity contribution is -0.384. The molecule has 200 valence electrons. The molecule has 39 heavy (non-hydrogen) atoms. The molecule has 1 aliphatic carbocycles. The van der Waals surface area contributed by atoms with E-state index in [1.54, 1.807) is 22.8 Å². The molecule has 0 spiro atoms. The third kappa shape index (κ3) is 6.54. The molecule has 5 rings (SSSR count). The highest BCUT2D eigenvalue weighted by Crippen LogP contribution is 2.31. The van der Waals surface area contributed by atoms with Crippen LogP contribution in [0.4, 0.5) is 5.69 Å². The molecule has 4 aromatic rings. The van der Waals surface area contributed by atoms with Crippen LogP contribution in [0.25, 0.3) is 10.9 Å². The lowest BCUT2D eigenvalue weighted by atomic mass is 9.81. The molecule has 0 radical (unpaired) electrons. The number of amides is 1. The minimum atomic E-state index is -0.416. The van der Waals surface area contributed by atoms with Crippen molar-refractivity contribution in [1.82, 2.24) is 14.9 Å². The van der Waals surface area contributed by atoms with Gasteiger partial charge in [0.25, 0.3) is 11.2 Å². The third-order valence-corrected chi connectivity index (χ3v) is 8.36. The van der Waals surface area contributed by atoms with Crippen LogP contribution in [0.1, 0.15) is 36.8 Å². The number of carbonyl (C=O) groups excluding carboxylic acids is 1. The Balaban J connectivity index is 1.26. The summed E-state index contributed by atoms with van der Waals surface area (Å²) in [6.45, 7) is 1.09. The SMILES string of the molecule is O=C(NCc1ccccc1)C1CCC(Cn2c(SCc3ccc([N+](=O)[O-])cc3)nc3ccccc3c2=O)CC1. The maximum Gasteiger partial charge on any atom is 0.269 e. The Morgan fingerprint density at radius 1 is 0.949 bits per heavy atom. The van der Waals surface area contributed by atoms with Crippen molar-refractivity contribution in [3.05, 3.63) is 110 Å². The summed E-state index contributed by atoms with van der Waals surface area (Å²) in [7, 11) is 0. The van der Waals surface area contributed by atoms with Crippen LogP contribution in [-0.2, 0) is 23.6 Å². The van der Waals surface area contributed by atoms with Crippen molar-refractivity contribution in [2.45, 2.75) is 49.7 Å². The van der Waals surface area contributed by atoms with E-state index in [9.17, 15) is 19.7 Å². The Morgan fingerprint density at radius 2 is 1.64 bits per heavy atom. The zero-order valence-corrected chi connectivity index (χ0v) is 22.3. The van der Waals surface area contributed by atoms with E-state index in [0.717, 1.165) is 36.8 Å². The first-order valence-corrected chi connectivity index (χ1v) is 14.1. The molecule has 0 saturated heterocycles. The van der Waals surface area contributed by atoms with Gasteiger partial charge in [0.05, 0.1) is 15.8 Å². The van der Waals surface area contributed by atoms with E-state index >= 15 is 0 Å². The number of benzene rings is 3. The largest absolute Gasteiger partial charge is 0.352 e. The predicted octanol–water partition coefficient (Wildman–Crippen LogP) is 5.72. The summed E-state index contributed by atoms with van der Waals surface area (Å²) in [6.07, 6.45) is 3.34. The van der Waals surface area contributed by atoms with Gasteiger partial charge in [-0.25, -0.2) is 4.98 Å². The quantitative estimate of drug-likeness (QED) is 0.125. The number of hydrogen-bond donors (Lipinski definition) is 1. The number of nitrogens with one attached hydrogen (secondary N) is 1. The van der Waals surface area contributed by atoms with Gasteiger partial charge in [0.1, 0.15) is 0 Å². The lowest BCUT2D eigenvalue weighted by Crippen LogP contribution is -2.34. The van der Waals surface area contributed by atoms with E-state index < -0.39 is 4.92 Å². The highest BCUT2D eigenvalue weighted by Gasteiger charge is 2.27. The standard InChI is InChI=1S/C30H30N4O4S/c35-28(31-18-21-6-2-1-3-7-21)24-14-10-22(11-15-24)19-33-29(36)26-8-4-5-9-27(26)32-30(33)39-20-23-12-16-25(17-13-23)34(37)38/h1-9,12-13,16-17,22,24H,10-11,14-15,18-20H2,(H,31,35). The first kappa shape index (κ1) is 26.6. The van der Waals surface area contributed by atoms with Gasteiger partial charge in [-0.1, -0.05) is 66.4 Å². The maximum absolute atomic E-state index is 13.5. The highest BCUT2D eigenvalue weighted by atomic mass is 32.2. The van der Waals surface area contributed by atoms with Crippen molar-refractivity contribution in [2.24, 2.45) is 11.8 Å². The number of hydrogen-bond acceptors (Lipinski definition) is 6. The van der Waals surface area contributed by atoms with Gasteiger partial charge in [0.15, 0.2) is 5.16 Å². The number of non-ortho nitro benzene ring substituents is 1. The minimum Gasteiger partial charge on any atom is -0.352 e. The van der Waals surface area contributed by atoms with Crippen molar-refractivity contribution in [3.8, 4) is 0 Å². The Bertz CT molecular complexity index is 1510. The predicted molar refractivity (Wildman–Crippen MR) is 152 cm³/mol. The summed E-state index contributed by atoms with van der Waals surface area (Å²) in [4.78, 5) is 41.6. The summed E-state index contributed by atoms with van der Waals surface area (Å²) in [5.74, 6) is 0.910. The van der Waals surface area contributed by atoms with Crippen molar-refractivity contribution in [3.63, 3.8) is 0 Å². The molecule has 9 heteroatoms. The molecule has 1 aliphatic rings. The topological polar surface area (TPSA) is 107 Å². The fourth-order valence-corrected chi connectivity index (χ4v) is 6.04. The summed E-state index contributed by atoms with van der Waals surface area (Å²) in [5, 5.41) is 15.3. The second-order valence-electron chi connectivity index (χ2n) is 9.96. The molecule has 0 atom stereocenters. The fourth-order valence-electron chi connectivity index (χ4n) is 5.08. The normalized spacial score (nSPS) is 17.1. The van der Waals surface area contributed by atoms with Crippen molar-refractivity contribution in [1.29, 1.82) is 0 Å². The fraction of sp³-hybridized carbons (Fsp3) is 0.300. The van der Waals surface area contributed by atoms with E-state index in [0.29, 0.717) is 34.9 Å². The molecule has 1 saturated carbocycles. The number of nitro groups is 1. The number of nitro benzene ring substituents is 1. The van der Waals surface area contributed by atoms with Gasteiger partial charge < -0.3 is 5.32 Å². The zero-order valence-electron chi connectivity index (χ0n) is 21.5. The van der Waals surface area contributed by atoms with Crippen LogP contribution in [-0.4, -0.2) is 20.4 Å². The average molecular weight is 543 g/mol. The Morgan fingerprint density at radius 3 is 2.36 bits per heavy atom. The summed E-state index contributed by atoms with van der Waals surface area (Å²) >= 11 is 1.46. The minimum absolute atomic E-state index is 0.00704.